The second kappa shape index (κ2) is 7.48. The number of carbonyl (C=O) groups excluding carboxylic acids is 1. The van der Waals surface area contributed by atoms with Crippen molar-refractivity contribution in [3.8, 4) is 0 Å². The van der Waals surface area contributed by atoms with Crippen molar-refractivity contribution in [3.63, 3.8) is 0 Å². The molecule has 1 saturated heterocycles. The van der Waals surface area contributed by atoms with Crippen molar-refractivity contribution >= 4 is 17.2 Å². The van der Waals surface area contributed by atoms with Gasteiger partial charge in [0.15, 0.2) is 11.5 Å². The van der Waals surface area contributed by atoms with Gasteiger partial charge in [0.05, 0.1) is 11.9 Å². The van der Waals surface area contributed by atoms with Crippen molar-refractivity contribution in [2.75, 3.05) is 24.5 Å². The molecule has 1 aliphatic heterocycles. The number of hydrogen-bond donors (Lipinski definition) is 1. The molecule has 1 fully saturated rings. The Labute approximate surface area is 154 Å². The van der Waals surface area contributed by atoms with Crippen LogP contribution >= 0.6 is 0 Å². The van der Waals surface area contributed by atoms with Crippen LogP contribution in [-0.4, -0.2) is 40.1 Å². The number of anilines is 1. The Hall–Kier alpha value is -2.37. The molecular formula is C20H27N5O. The van der Waals surface area contributed by atoms with E-state index in [0.717, 1.165) is 36.5 Å². The van der Waals surface area contributed by atoms with Gasteiger partial charge in [0, 0.05) is 25.7 Å². The molecule has 2 aliphatic rings. The van der Waals surface area contributed by atoms with Gasteiger partial charge < -0.3 is 10.2 Å². The lowest BCUT2D eigenvalue weighted by Gasteiger charge is -2.17. The number of nitrogens with zero attached hydrogens (tertiary/aromatic N) is 4. The molecule has 1 aliphatic carbocycles. The number of aromatic nitrogens is 3. The normalized spacial score (nSPS) is 17.6. The Bertz CT molecular complexity index is 832. The molecular weight excluding hydrogens is 326 g/mol. The maximum atomic E-state index is 12.5. The van der Waals surface area contributed by atoms with Crippen LogP contribution in [0.4, 0.5) is 5.82 Å². The summed E-state index contributed by atoms with van der Waals surface area (Å²) in [6.07, 6.45) is 12.5. The van der Waals surface area contributed by atoms with Crippen LogP contribution < -0.4 is 10.2 Å². The third kappa shape index (κ3) is 3.59. The van der Waals surface area contributed by atoms with Gasteiger partial charge in [-0.2, -0.15) is 5.10 Å². The van der Waals surface area contributed by atoms with Crippen LogP contribution in [0.5, 0.6) is 0 Å². The summed E-state index contributed by atoms with van der Waals surface area (Å²) in [7, 11) is 0. The minimum absolute atomic E-state index is 0.102. The molecule has 2 aromatic heterocycles. The number of fused-ring (bicyclic) bond motifs is 1. The molecule has 0 atom stereocenters. The largest absolute Gasteiger partial charge is 0.355 e. The number of nitrogens with one attached hydrogen (secondary N) is 1. The number of aryl methyl sites for hydroxylation is 1. The quantitative estimate of drug-likeness (QED) is 0.838. The molecule has 6 nitrogen and oxygen atoms in total. The minimum atomic E-state index is -0.102. The van der Waals surface area contributed by atoms with Gasteiger partial charge in [-0.25, -0.2) is 9.50 Å². The van der Waals surface area contributed by atoms with E-state index in [-0.39, 0.29) is 5.91 Å². The van der Waals surface area contributed by atoms with Crippen molar-refractivity contribution in [3.05, 3.63) is 35.3 Å². The summed E-state index contributed by atoms with van der Waals surface area (Å²) in [5.74, 6) is 0.844. The van der Waals surface area contributed by atoms with E-state index < -0.39 is 0 Å². The highest BCUT2D eigenvalue weighted by atomic mass is 16.1. The molecule has 2 aromatic rings. The predicted octanol–water partition coefficient (Wildman–Crippen LogP) is 3.26. The van der Waals surface area contributed by atoms with E-state index in [2.05, 4.69) is 21.4 Å². The fourth-order valence-electron chi connectivity index (χ4n) is 3.92. The Morgan fingerprint density at radius 3 is 2.85 bits per heavy atom. The Morgan fingerprint density at radius 2 is 2.08 bits per heavy atom. The second-order valence-electron chi connectivity index (χ2n) is 7.37. The molecule has 138 valence electrons. The minimum Gasteiger partial charge on any atom is -0.355 e. The van der Waals surface area contributed by atoms with Gasteiger partial charge in [-0.1, -0.05) is 11.6 Å². The van der Waals surface area contributed by atoms with Crippen molar-refractivity contribution in [1.29, 1.82) is 0 Å². The van der Waals surface area contributed by atoms with Gasteiger partial charge in [-0.15, -0.1) is 0 Å². The van der Waals surface area contributed by atoms with Gasteiger partial charge in [-0.05, 0) is 51.9 Å². The molecule has 0 spiro atoms. The molecule has 0 unspecified atom stereocenters. The lowest BCUT2D eigenvalue weighted by atomic mass is 9.97. The first kappa shape index (κ1) is 17.1. The Morgan fingerprint density at radius 1 is 1.23 bits per heavy atom. The van der Waals surface area contributed by atoms with Crippen LogP contribution in [0.15, 0.2) is 23.9 Å². The van der Waals surface area contributed by atoms with Gasteiger partial charge in [0.1, 0.15) is 5.52 Å². The number of amides is 1. The fraction of sp³-hybridized carbons (Fsp3) is 0.550. The molecule has 4 rings (SSSR count). The highest BCUT2D eigenvalue weighted by Gasteiger charge is 2.20. The fourth-order valence-corrected chi connectivity index (χ4v) is 3.92. The van der Waals surface area contributed by atoms with Crippen LogP contribution in [0.3, 0.4) is 0 Å². The van der Waals surface area contributed by atoms with E-state index in [4.69, 9.17) is 4.98 Å². The van der Waals surface area contributed by atoms with Gasteiger partial charge >= 0.3 is 0 Å². The van der Waals surface area contributed by atoms with E-state index in [9.17, 15) is 4.79 Å². The van der Waals surface area contributed by atoms with E-state index in [0.29, 0.717) is 12.2 Å². The Balaban J connectivity index is 1.48. The third-order valence-electron chi connectivity index (χ3n) is 5.31. The number of allylic oxidation sites excluding steroid dienone is 1. The SMILES string of the molecule is Cc1cn2nc(C(=O)NCCC3=CCCCC3)cc2c(N2CCCC2)n1. The van der Waals surface area contributed by atoms with Gasteiger partial charge in [0.2, 0.25) is 0 Å². The molecule has 1 amide bonds. The number of rotatable bonds is 5. The van der Waals surface area contributed by atoms with E-state index in [1.165, 1.54) is 44.1 Å². The summed E-state index contributed by atoms with van der Waals surface area (Å²) in [6.45, 7) is 4.69. The summed E-state index contributed by atoms with van der Waals surface area (Å²) < 4.78 is 1.80. The van der Waals surface area contributed by atoms with Gasteiger partial charge in [-0.3, -0.25) is 4.79 Å². The zero-order chi connectivity index (χ0) is 17.9. The van der Waals surface area contributed by atoms with Crippen molar-refractivity contribution < 1.29 is 4.79 Å². The second-order valence-corrected chi connectivity index (χ2v) is 7.37. The summed E-state index contributed by atoms with van der Waals surface area (Å²) in [5.41, 5.74) is 3.77. The van der Waals surface area contributed by atoms with Crippen LogP contribution in [0.25, 0.3) is 5.52 Å². The average Bonchev–Trinajstić information content (AvgIpc) is 3.31. The summed E-state index contributed by atoms with van der Waals surface area (Å²) >= 11 is 0. The molecule has 1 N–H and O–H groups in total. The molecule has 6 heteroatoms. The first-order valence-corrected chi connectivity index (χ1v) is 9.79. The molecule has 0 saturated carbocycles. The smallest absolute Gasteiger partial charge is 0.271 e. The zero-order valence-electron chi connectivity index (χ0n) is 15.5. The van der Waals surface area contributed by atoms with E-state index >= 15 is 0 Å². The topological polar surface area (TPSA) is 62.5 Å². The van der Waals surface area contributed by atoms with Crippen LogP contribution in [0.1, 0.15) is 61.1 Å². The maximum absolute atomic E-state index is 12.5. The molecule has 26 heavy (non-hydrogen) atoms. The number of carbonyl (C=O) groups is 1. The first-order chi connectivity index (χ1) is 12.7. The third-order valence-corrected chi connectivity index (χ3v) is 5.31. The molecule has 0 radical (unpaired) electrons. The van der Waals surface area contributed by atoms with Crippen molar-refractivity contribution in [2.45, 2.75) is 51.9 Å². The summed E-state index contributed by atoms with van der Waals surface area (Å²) in [5, 5.41) is 7.52. The first-order valence-electron chi connectivity index (χ1n) is 9.79. The predicted molar refractivity (Wildman–Crippen MR) is 103 cm³/mol. The lowest BCUT2D eigenvalue weighted by Crippen LogP contribution is -2.25. The monoisotopic (exact) mass is 353 g/mol. The molecule has 0 aromatic carbocycles. The average molecular weight is 353 g/mol. The molecule has 0 bridgehead atoms. The van der Waals surface area contributed by atoms with Crippen LogP contribution in [-0.2, 0) is 0 Å². The zero-order valence-corrected chi connectivity index (χ0v) is 15.5. The maximum Gasteiger partial charge on any atom is 0.271 e. The lowest BCUT2D eigenvalue weighted by molar-refractivity contribution is 0.0948. The summed E-state index contributed by atoms with van der Waals surface area (Å²) in [6, 6.07) is 1.87. The van der Waals surface area contributed by atoms with Crippen LogP contribution in [0, 0.1) is 6.92 Å². The Kier molecular flexibility index (Phi) is 4.91. The van der Waals surface area contributed by atoms with E-state index in [1.807, 2.05) is 19.2 Å². The summed E-state index contributed by atoms with van der Waals surface area (Å²) in [4.78, 5) is 19.5. The van der Waals surface area contributed by atoms with E-state index in [1.54, 1.807) is 4.52 Å². The highest BCUT2D eigenvalue weighted by molar-refractivity contribution is 5.94. The van der Waals surface area contributed by atoms with Crippen molar-refractivity contribution in [1.82, 2.24) is 19.9 Å². The van der Waals surface area contributed by atoms with Crippen molar-refractivity contribution in [2.24, 2.45) is 0 Å². The number of hydrogen-bond acceptors (Lipinski definition) is 4. The van der Waals surface area contributed by atoms with Crippen LogP contribution in [0.2, 0.25) is 0 Å². The standard InChI is InChI=1S/C20H27N5O/c1-15-14-25-18(19(22-15)24-11-5-6-12-24)13-17(23-25)20(26)21-10-9-16-7-3-2-4-8-16/h7,13-14H,2-6,8-12H2,1H3,(H,21,26). The molecule has 3 heterocycles. The highest BCUT2D eigenvalue weighted by Crippen LogP contribution is 2.24. The van der Waals surface area contributed by atoms with Gasteiger partial charge in [0.25, 0.3) is 5.91 Å².